The number of rotatable bonds is 29. The second-order valence-electron chi connectivity index (χ2n) is 12.7. The molecule has 0 radical (unpaired) electrons. The van der Waals surface area contributed by atoms with Crippen LogP contribution in [0.1, 0.15) is 142 Å². The van der Waals surface area contributed by atoms with Crippen LogP contribution in [0.4, 0.5) is 0 Å². The van der Waals surface area contributed by atoms with E-state index in [1.165, 1.54) is 51.4 Å². The molecule has 1 aliphatic rings. The van der Waals surface area contributed by atoms with Gasteiger partial charge in [0.25, 0.3) is 0 Å². The smallest absolute Gasteiger partial charge is 0.306 e. The molecule has 6 unspecified atom stereocenters. The number of hydrogen-bond donors (Lipinski definition) is 4. The van der Waals surface area contributed by atoms with E-state index in [1.54, 1.807) is 0 Å². The molecule has 0 aliphatic carbocycles. The van der Waals surface area contributed by atoms with Crippen molar-refractivity contribution in [1.82, 2.24) is 0 Å². The summed E-state index contributed by atoms with van der Waals surface area (Å²) >= 11 is 0. The quantitative estimate of drug-likeness (QED) is 0.0411. The molecule has 0 bridgehead atoms. The van der Waals surface area contributed by atoms with E-state index < -0.39 is 55.4 Å². The first kappa shape index (κ1) is 43.2. The Labute approximate surface area is 283 Å². The van der Waals surface area contributed by atoms with Crippen LogP contribution in [0.3, 0.4) is 0 Å². The Morgan fingerprint density at radius 3 is 1.79 bits per heavy atom. The summed E-state index contributed by atoms with van der Waals surface area (Å²) in [5.41, 5.74) is 0. The summed E-state index contributed by atoms with van der Waals surface area (Å²) in [6, 6.07) is 0. The van der Waals surface area contributed by atoms with Gasteiger partial charge in [-0.05, 0) is 44.9 Å². The molecule has 0 aromatic carbocycles. The van der Waals surface area contributed by atoms with Crippen LogP contribution in [0.15, 0.2) is 24.3 Å². The van der Waals surface area contributed by atoms with Crippen LogP contribution in [-0.2, 0) is 28.5 Å². The fourth-order valence-corrected chi connectivity index (χ4v) is 5.33. The molecular weight excluding hydrogens is 604 g/mol. The molecule has 1 fully saturated rings. The van der Waals surface area contributed by atoms with E-state index in [2.05, 4.69) is 38.2 Å². The summed E-state index contributed by atoms with van der Waals surface area (Å²) < 4.78 is 21.8. The van der Waals surface area contributed by atoms with Gasteiger partial charge < -0.3 is 39.4 Å². The summed E-state index contributed by atoms with van der Waals surface area (Å²) in [4.78, 5) is 24.8. The number of allylic oxidation sites excluding steroid dienone is 4. The molecule has 0 saturated carbocycles. The van der Waals surface area contributed by atoms with Crippen molar-refractivity contribution in [3.63, 3.8) is 0 Å². The van der Waals surface area contributed by atoms with Crippen LogP contribution in [0.5, 0.6) is 0 Å². The summed E-state index contributed by atoms with van der Waals surface area (Å²) in [5.74, 6) is -0.837. The predicted molar refractivity (Wildman–Crippen MR) is 183 cm³/mol. The van der Waals surface area contributed by atoms with Gasteiger partial charge in [0.1, 0.15) is 31.0 Å². The van der Waals surface area contributed by atoms with E-state index in [0.717, 1.165) is 51.4 Å². The average Bonchev–Trinajstić information content (AvgIpc) is 3.07. The Bertz CT molecular complexity index is 830. The third kappa shape index (κ3) is 21.7. The maximum atomic E-state index is 12.6. The molecule has 0 amide bonds. The molecule has 1 saturated heterocycles. The van der Waals surface area contributed by atoms with Gasteiger partial charge in [-0.2, -0.15) is 0 Å². The Morgan fingerprint density at radius 1 is 0.660 bits per heavy atom. The summed E-state index contributed by atoms with van der Waals surface area (Å²) in [5, 5.41) is 39.7. The highest BCUT2D eigenvalue weighted by molar-refractivity contribution is 5.70. The first-order valence-corrected chi connectivity index (χ1v) is 18.4. The van der Waals surface area contributed by atoms with Crippen LogP contribution in [0, 0.1) is 0 Å². The number of aliphatic hydroxyl groups is 4. The minimum Gasteiger partial charge on any atom is -0.462 e. The van der Waals surface area contributed by atoms with Crippen LogP contribution >= 0.6 is 0 Å². The zero-order valence-corrected chi connectivity index (χ0v) is 29.3. The standard InChI is InChI=1S/C37H66O10/c1-3-5-7-9-10-11-12-13-14-15-16-17-18-19-20-21-22-24-26-33(40)46-30(28-44-32(39)25-23-8-6-4-2)29-45-37-36(43)35(42)34(41)31(27-38)47-37/h11-12,14-15,30-31,34-38,41-43H,3-10,13,16-29H2,1-2H3/b12-11-,15-14-. The summed E-state index contributed by atoms with van der Waals surface area (Å²) in [6.45, 7) is 3.24. The lowest BCUT2D eigenvalue weighted by molar-refractivity contribution is -0.305. The van der Waals surface area contributed by atoms with Gasteiger partial charge in [0.2, 0.25) is 0 Å². The molecule has 1 rings (SSSR count). The monoisotopic (exact) mass is 670 g/mol. The Morgan fingerprint density at radius 2 is 1.19 bits per heavy atom. The minimum atomic E-state index is -1.59. The molecule has 1 heterocycles. The van der Waals surface area contributed by atoms with Gasteiger partial charge >= 0.3 is 11.9 Å². The molecule has 0 spiro atoms. The number of esters is 2. The molecule has 10 nitrogen and oxygen atoms in total. The highest BCUT2D eigenvalue weighted by atomic mass is 16.7. The van der Waals surface area contributed by atoms with E-state index in [1.807, 2.05) is 0 Å². The number of aliphatic hydroxyl groups excluding tert-OH is 4. The average molecular weight is 671 g/mol. The van der Waals surface area contributed by atoms with Gasteiger partial charge in [0.15, 0.2) is 12.4 Å². The van der Waals surface area contributed by atoms with Gasteiger partial charge in [0, 0.05) is 12.8 Å². The predicted octanol–water partition coefficient (Wildman–Crippen LogP) is 6.21. The highest BCUT2D eigenvalue weighted by Crippen LogP contribution is 2.22. The van der Waals surface area contributed by atoms with Crippen LogP contribution in [-0.4, -0.2) is 89.0 Å². The second-order valence-corrected chi connectivity index (χ2v) is 12.7. The first-order valence-electron chi connectivity index (χ1n) is 18.4. The molecule has 0 aromatic rings. The van der Waals surface area contributed by atoms with Gasteiger partial charge in [-0.1, -0.05) is 109 Å². The third-order valence-electron chi connectivity index (χ3n) is 8.34. The van der Waals surface area contributed by atoms with Crippen molar-refractivity contribution >= 4 is 11.9 Å². The van der Waals surface area contributed by atoms with E-state index >= 15 is 0 Å². The van der Waals surface area contributed by atoms with Crippen molar-refractivity contribution < 1.29 is 49.0 Å². The molecule has 47 heavy (non-hydrogen) atoms. The molecule has 4 N–H and O–H groups in total. The number of hydrogen-bond acceptors (Lipinski definition) is 10. The SMILES string of the molecule is CCCCCC/C=C\C/C=C\CCCCCCCCCC(=O)OC(COC(=O)CCCCCC)COC1OC(CO)C(O)C(O)C1O. The molecule has 10 heteroatoms. The lowest BCUT2D eigenvalue weighted by Gasteiger charge is -2.39. The zero-order chi connectivity index (χ0) is 34.5. The molecule has 274 valence electrons. The number of unbranched alkanes of at least 4 members (excludes halogenated alkanes) is 14. The fraction of sp³-hybridized carbons (Fsp3) is 0.838. The van der Waals surface area contributed by atoms with Crippen LogP contribution in [0.25, 0.3) is 0 Å². The van der Waals surface area contributed by atoms with Crippen LogP contribution in [0.2, 0.25) is 0 Å². The maximum absolute atomic E-state index is 12.6. The van der Waals surface area contributed by atoms with Gasteiger partial charge in [-0.25, -0.2) is 0 Å². The zero-order valence-electron chi connectivity index (χ0n) is 29.3. The van der Waals surface area contributed by atoms with Crippen molar-refractivity contribution in [3.8, 4) is 0 Å². The lowest BCUT2D eigenvalue weighted by Crippen LogP contribution is -2.59. The molecule has 6 atom stereocenters. The van der Waals surface area contributed by atoms with Crippen molar-refractivity contribution in [1.29, 1.82) is 0 Å². The summed E-state index contributed by atoms with van der Waals surface area (Å²) in [6.07, 6.45) is 21.1. The Kier molecular flexibility index (Phi) is 26.8. The second kappa shape index (κ2) is 29.1. The van der Waals surface area contributed by atoms with E-state index in [9.17, 15) is 30.0 Å². The fourth-order valence-electron chi connectivity index (χ4n) is 5.33. The van der Waals surface area contributed by atoms with Gasteiger partial charge in [-0.3, -0.25) is 9.59 Å². The number of ether oxygens (including phenoxy) is 4. The Balaban J connectivity index is 2.31. The van der Waals surface area contributed by atoms with Crippen molar-refractivity contribution in [3.05, 3.63) is 24.3 Å². The topological polar surface area (TPSA) is 152 Å². The molecular formula is C37H66O10. The summed E-state index contributed by atoms with van der Waals surface area (Å²) in [7, 11) is 0. The van der Waals surface area contributed by atoms with Crippen molar-refractivity contribution in [2.75, 3.05) is 19.8 Å². The largest absolute Gasteiger partial charge is 0.462 e. The van der Waals surface area contributed by atoms with E-state index in [0.29, 0.717) is 12.8 Å². The maximum Gasteiger partial charge on any atom is 0.306 e. The normalized spacial score (nSPS) is 22.2. The van der Waals surface area contributed by atoms with Crippen molar-refractivity contribution in [2.24, 2.45) is 0 Å². The number of carbonyl (C=O) groups is 2. The van der Waals surface area contributed by atoms with Gasteiger partial charge in [0.05, 0.1) is 13.2 Å². The van der Waals surface area contributed by atoms with Crippen molar-refractivity contribution in [2.45, 2.75) is 179 Å². The van der Waals surface area contributed by atoms with Crippen LogP contribution < -0.4 is 0 Å². The Hall–Kier alpha value is -1.82. The first-order chi connectivity index (χ1) is 22.8. The van der Waals surface area contributed by atoms with E-state index in [-0.39, 0.29) is 26.1 Å². The minimum absolute atomic E-state index is 0.221. The molecule has 0 aromatic heterocycles. The van der Waals surface area contributed by atoms with Gasteiger partial charge in [-0.15, -0.1) is 0 Å². The third-order valence-corrected chi connectivity index (χ3v) is 8.34. The van der Waals surface area contributed by atoms with E-state index in [4.69, 9.17) is 18.9 Å². The molecule has 1 aliphatic heterocycles. The number of carbonyl (C=O) groups excluding carboxylic acids is 2. The highest BCUT2D eigenvalue weighted by Gasteiger charge is 2.44. The lowest BCUT2D eigenvalue weighted by atomic mass is 9.99.